The van der Waals surface area contributed by atoms with Crippen molar-refractivity contribution in [1.29, 1.82) is 0 Å². The van der Waals surface area contributed by atoms with E-state index in [9.17, 15) is 4.79 Å². The Morgan fingerprint density at radius 3 is 2.52 bits per heavy atom. The summed E-state index contributed by atoms with van der Waals surface area (Å²) in [4.78, 5) is 17.2. The summed E-state index contributed by atoms with van der Waals surface area (Å²) in [5.41, 5.74) is 6.04. The molecule has 0 radical (unpaired) electrons. The monoisotopic (exact) mass is 440 g/mol. The second-order valence-corrected chi connectivity index (χ2v) is 8.25. The molecule has 33 heavy (non-hydrogen) atoms. The van der Waals surface area contributed by atoms with Crippen molar-refractivity contribution in [2.24, 2.45) is 0 Å². The topological polar surface area (TPSA) is 61.5 Å². The molecule has 0 bridgehead atoms. The Morgan fingerprint density at radius 1 is 1.03 bits per heavy atom. The Morgan fingerprint density at radius 2 is 1.79 bits per heavy atom. The third-order valence-corrected chi connectivity index (χ3v) is 6.18. The molecule has 1 amide bonds. The van der Waals surface area contributed by atoms with Crippen LogP contribution in [0, 0.1) is 0 Å². The van der Waals surface area contributed by atoms with Crippen LogP contribution in [0.1, 0.15) is 12.5 Å². The van der Waals surface area contributed by atoms with Crippen molar-refractivity contribution in [2.45, 2.75) is 13.3 Å². The number of aromatic nitrogens is 2. The van der Waals surface area contributed by atoms with E-state index in [1.165, 1.54) is 5.69 Å². The van der Waals surface area contributed by atoms with E-state index in [4.69, 9.17) is 4.74 Å². The van der Waals surface area contributed by atoms with Gasteiger partial charge in [-0.2, -0.15) is 5.10 Å². The lowest BCUT2D eigenvalue weighted by molar-refractivity contribution is -0.117. The quantitative estimate of drug-likeness (QED) is 0.474. The van der Waals surface area contributed by atoms with Crippen LogP contribution in [-0.4, -0.2) is 49.0 Å². The molecule has 0 unspecified atom stereocenters. The van der Waals surface area contributed by atoms with Crippen LogP contribution in [0.4, 0.5) is 11.4 Å². The highest BCUT2D eigenvalue weighted by molar-refractivity contribution is 5.97. The van der Waals surface area contributed by atoms with E-state index in [2.05, 4.69) is 45.4 Å². The number of nitrogens with zero attached hydrogens (tertiary/aromatic N) is 3. The molecule has 0 atom stereocenters. The van der Waals surface area contributed by atoms with E-state index in [0.29, 0.717) is 13.0 Å². The number of morpholine rings is 1. The number of benzene rings is 3. The zero-order valence-electron chi connectivity index (χ0n) is 18.8. The molecule has 0 aliphatic carbocycles. The van der Waals surface area contributed by atoms with E-state index in [1.54, 1.807) is 0 Å². The number of aromatic amines is 1. The lowest BCUT2D eigenvalue weighted by Crippen LogP contribution is -2.36. The number of rotatable bonds is 6. The van der Waals surface area contributed by atoms with E-state index in [0.717, 1.165) is 59.7 Å². The molecule has 1 aromatic heterocycles. The van der Waals surface area contributed by atoms with E-state index in [1.807, 2.05) is 54.3 Å². The molecule has 168 valence electrons. The van der Waals surface area contributed by atoms with Crippen LogP contribution in [0.5, 0.6) is 0 Å². The van der Waals surface area contributed by atoms with Gasteiger partial charge in [-0.15, -0.1) is 0 Å². The largest absolute Gasteiger partial charge is 0.378 e. The highest BCUT2D eigenvalue weighted by Crippen LogP contribution is 2.29. The predicted octanol–water partition coefficient (Wildman–Crippen LogP) is 4.66. The molecule has 1 N–H and O–H groups in total. The molecule has 6 nitrogen and oxygen atoms in total. The number of para-hydroxylation sites is 1. The van der Waals surface area contributed by atoms with Gasteiger partial charge in [0.25, 0.3) is 0 Å². The third-order valence-electron chi connectivity index (χ3n) is 6.18. The predicted molar refractivity (Wildman–Crippen MR) is 133 cm³/mol. The first kappa shape index (κ1) is 21.2. The van der Waals surface area contributed by atoms with E-state index in [-0.39, 0.29) is 5.91 Å². The molecule has 1 fully saturated rings. The second-order valence-electron chi connectivity index (χ2n) is 8.25. The fourth-order valence-corrected chi connectivity index (χ4v) is 4.42. The maximum absolute atomic E-state index is 13.1. The average molecular weight is 441 g/mol. The minimum Gasteiger partial charge on any atom is -0.378 e. The number of H-pyrrole nitrogens is 1. The minimum atomic E-state index is 0.0861. The van der Waals surface area contributed by atoms with Crippen LogP contribution in [0.2, 0.25) is 0 Å². The van der Waals surface area contributed by atoms with Crippen LogP contribution < -0.4 is 9.80 Å². The van der Waals surface area contributed by atoms with Crippen LogP contribution in [0.15, 0.2) is 72.8 Å². The van der Waals surface area contributed by atoms with E-state index < -0.39 is 0 Å². The summed E-state index contributed by atoms with van der Waals surface area (Å²) < 4.78 is 5.45. The second kappa shape index (κ2) is 9.46. The number of hydrogen-bond acceptors (Lipinski definition) is 4. The molecular formula is C27H28N4O2. The Balaban J connectivity index is 1.38. The molecule has 0 saturated carbocycles. The van der Waals surface area contributed by atoms with Crippen molar-refractivity contribution < 1.29 is 9.53 Å². The Kier molecular flexibility index (Phi) is 6.09. The number of nitrogens with one attached hydrogen (secondary N) is 1. The van der Waals surface area contributed by atoms with Gasteiger partial charge in [-0.05, 0) is 48.9 Å². The number of amides is 1. The minimum absolute atomic E-state index is 0.0861. The van der Waals surface area contributed by atoms with Gasteiger partial charge >= 0.3 is 0 Å². The van der Waals surface area contributed by atoms with Crippen LogP contribution >= 0.6 is 0 Å². The van der Waals surface area contributed by atoms with Crippen LogP contribution in [0.25, 0.3) is 22.2 Å². The van der Waals surface area contributed by atoms with Crippen molar-refractivity contribution in [3.8, 4) is 11.3 Å². The lowest BCUT2D eigenvalue weighted by Gasteiger charge is -2.28. The summed E-state index contributed by atoms with van der Waals surface area (Å²) in [5, 5.41) is 8.74. The first-order chi connectivity index (χ1) is 16.2. The summed E-state index contributed by atoms with van der Waals surface area (Å²) in [6, 6.07) is 24.4. The molecule has 1 aliphatic rings. The highest BCUT2D eigenvalue weighted by atomic mass is 16.5. The summed E-state index contributed by atoms with van der Waals surface area (Å²) in [6.45, 7) is 6.01. The SMILES string of the molecule is CCN(C(=O)Cc1ccc2[nH]nc(-c3ccc(N4CCOCC4)cc3)c2c1)c1ccccc1. The zero-order chi connectivity index (χ0) is 22.6. The maximum Gasteiger partial charge on any atom is 0.231 e. The van der Waals surface area contributed by atoms with Gasteiger partial charge in [0.2, 0.25) is 5.91 Å². The summed E-state index contributed by atoms with van der Waals surface area (Å²) in [5.74, 6) is 0.0861. The first-order valence-corrected chi connectivity index (χ1v) is 11.5. The van der Waals surface area contributed by atoms with Crippen molar-refractivity contribution in [1.82, 2.24) is 10.2 Å². The number of carbonyl (C=O) groups is 1. The smallest absolute Gasteiger partial charge is 0.231 e. The molecule has 1 aliphatic heterocycles. The van der Waals surface area contributed by atoms with Gasteiger partial charge in [0, 0.05) is 42.0 Å². The number of likely N-dealkylation sites (N-methyl/N-ethyl adjacent to an activating group) is 1. The van der Waals surface area contributed by atoms with Crippen LogP contribution in [-0.2, 0) is 16.0 Å². The molecule has 3 aromatic carbocycles. The van der Waals surface area contributed by atoms with Gasteiger partial charge in [0.05, 0.1) is 30.8 Å². The zero-order valence-corrected chi connectivity index (χ0v) is 18.8. The Bertz CT molecular complexity index is 1230. The van der Waals surface area contributed by atoms with Crippen molar-refractivity contribution in [2.75, 3.05) is 42.6 Å². The third kappa shape index (κ3) is 4.47. The summed E-state index contributed by atoms with van der Waals surface area (Å²) in [7, 11) is 0. The molecule has 6 heteroatoms. The van der Waals surface area contributed by atoms with Crippen molar-refractivity contribution in [3.05, 3.63) is 78.4 Å². The molecule has 5 rings (SSSR count). The van der Waals surface area contributed by atoms with Gasteiger partial charge < -0.3 is 14.5 Å². The van der Waals surface area contributed by atoms with Gasteiger partial charge in [-0.3, -0.25) is 9.89 Å². The van der Waals surface area contributed by atoms with Crippen LogP contribution in [0.3, 0.4) is 0 Å². The fraction of sp³-hybridized carbons (Fsp3) is 0.259. The molecular weight excluding hydrogens is 412 g/mol. The molecule has 2 heterocycles. The number of fused-ring (bicyclic) bond motifs is 1. The van der Waals surface area contributed by atoms with Crippen molar-refractivity contribution in [3.63, 3.8) is 0 Å². The molecule has 1 saturated heterocycles. The standard InChI is InChI=1S/C27H28N4O2/c1-2-31(23-6-4-3-5-7-23)26(32)19-20-8-13-25-24(18-20)27(29-28-25)21-9-11-22(12-10-21)30-14-16-33-17-15-30/h3-13,18H,2,14-17,19H2,1H3,(H,28,29). The normalized spacial score (nSPS) is 13.9. The maximum atomic E-state index is 13.1. The van der Waals surface area contributed by atoms with Gasteiger partial charge in [0.1, 0.15) is 0 Å². The first-order valence-electron chi connectivity index (χ1n) is 11.5. The molecule has 4 aromatic rings. The lowest BCUT2D eigenvalue weighted by atomic mass is 10.0. The number of ether oxygens (including phenoxy) is 1. The summed E-state index contributed by atoms with van der Waals surface area (Å²) >= 11 is 0. The Hall–Kier alpha value is -3.64. The van der Waals surface area contributed by atoms with Gasteiger partial charge in [-0.1, -0.05) is 36.4 Å². The summed E-state index contributed by atoms with van der Waals surface area (Å²) in [6.07, 6.45) is 0.346. The average Bonchev–Trinajstić information content (AvgIpc) is 3.29. The van der Waals surface area contributed by atoms with Crippen molar-refractivity contribution >= 4 is 28.2 Å². The van der Waals surface area contributed by atoms with Gasteiger partial charge in [0.15, 0.2) is 0 Å². The van der Waals surface area contributed by atoms with Gasteiger partial charge in [-0.25, -0.2) is 0 Å². The number of anilines is 2. The fourth-order valence-electron chi connectivity index (χ4n) is 4.42. The van der Waals surface area contributed by atoms with E-state index >= 15 is 0 Å². The molecule has 0 spiro atoms. The Labute approximate surface area is 193 Å². The number of hydrogen-bond donors (Lipinski definition) is 1. The highest BCUT2D eigenvalue weighted by Gasteiger charge is 2.16. The number of carbonyl (C=O) groups excluding carboxylic acids is 1.